The highest BCUT2D eigenvalue weighted by atomic mass is 19.4. The molecule has 2 atom stereocenters. The van der Waals surface area contributed by atoms with Crippen molar-refractivity contribution in [3.63, 3.8) is 0 Å². The van der Waals surface area contributed by atoms with Crippen LogP contribution < -0.4 is 0 Å². The molecule has 0 radical (unpaired) electrons. The summed E-state index contributed by atoms with van der Waals surface area (Å²) in [5.41, 5.74) is -15.4. The van der Waals surface area contributed by atoms with Crippen LogP contribution in [0.2, 0.25) is 0 Å². The molecule has 1 fully saturated rings. The van der Waals surface area contributed by atoms with E-state index in [2.05, 4.69) is 18.9 Å². The molecule has 0 aromatic heterocycles. The Bertz CT molecular complexity index is 646. The van der Waals surface area contributed by atoms with E-state index >= 15 is 0 Å². The van der Waals surface area contributed by atoms with Crippen molar-refractivity contribution in [2.75, 3.05) is 27.8 Å². The fourth-order valence-corrected chi connectivity index (χ4v) is 4.61. The minimum absolute atomic E-state index is 0.510. The van der Waals surface area contributed by atoms with Crippen molar-refractivity contribution in [3.8, 4) is 0 Å². The Kier molecular flexibility index (Phi) is 7.42. The Morgan fingerprint density at radius 1 is 0.576 bits per heavy atom. The zero-order valence-corrected chi connectivity index (χ0v) is 16.9. The van der Waals surface area contributed by atoms with Crippen LogP contribution in [0.15, 0.2) is 11.1 Å². The topological polar surface area (TPSA) is 36.9 Å². The molecule has 0 spiro atoms. The summed E-state index contributed by atoms with van der Waals surface area (Å²) in [6.07, 6.45) is -27.8. The Morgan fingerprint density at radius 2 is 0.848 bits per heavy atom. The van der Waals surface area contributed by atoms with Crippen LogP contribution in [0.4, 0.5) is 52.7 Å². The first kappa shape index (κ1) is 28.0. The fourth-order valence-electron chi connectivity index (χ4n) is 4.61. The molecule has 194 valence electrons. The van der Waals surface area contributed by atoms with Crippen molar-refractivity contribution >= 4 is 0 Å². The molecule has 0 saturated heterocycles. The molecule has 0 aliphatic heterocycles. The number of methoxy groups -OCH3 is 2. The highest BCUT2D eigenvalue weighted by molar-refractivity contribution is 5.46. The third kappa shape index (κ3) is 4.20. The van der Waals surface area contributed by atoms with Crippen LogP contribution >= 0.6 is 0 Å². The summed E-state index contributed by atoms with van der Waals surface area (Å²) < 4.78 is 184. The lowest BCUT2D eigenvalue weighted by Gasteiger charge is -2.46. The molecule has 16 heteroatoms. The van der Waals surface area contributed by atoms with Gasteiger partial charge in [0, 0.05) is 14.2 Å². The highest BCUT2D eigenvalue weighted by Gasteiger charge is 2.82. The van der Waals surface area contributed by atoms with E-state index in [9.17, 15) is 52.7 Å². The van der Waals surface area contributed by atoms with Crippen LogP contribution in [0.25, 0.3) is 0 Å². The Balaban J connectivity index is 3.07. The predicted molar refractivity (Wildman–Crippen MR) is 83.5 cm³/mol. The third-order valence-electron chi connectivity index (χ3n) is 5.68. The summed E-state index contributed by atoms with van der Waals surface area (Å²) in [5, 5.41) is 0. The lowest BCUT2D eigenvalue weighted by molar-refractivity contribution is -0.388. The summed E-state index contributed by atoms with van der Waals surface area (Å²) in [6.45, 7) is -3.45. The monoisotopic (exact) mass is 514 g/mol. The maximum atomic E-state index is 14.0. The maximum Gasteiger partial charge on any atom is 0.430 e. The molecule has 2 unspecified atom stereocenters. The van der Waals surface area contributed by atoms with Crippen LogP contribution in [0.5, 0.6) is 0 Å². The maximum absolute atomic E-state index is 14.0. The molecule has 33 heavy (non-hydrogen) atoms. The van der Waals surface area contributed by atoms with Crippen LogP contribution in [0.1, 0.15) is 19.3 Å². The van der Waals surface area contributed by atoms with E-state index in [4.69, 9.17) is 0 Å². The van der Waals surface area contributed by atoms with Gasteiger partial charge in [0.25, 0.3) is 11.2 Å². The number of halogens is 12. The van der Waals surface area contributed by atoms with E-state index in [1.54, 1.807) is 0 Å². The Morgan fingerprint density at radius 3 is 1.06 bits per heavy atom. The minimum atomic E-state index is -6.50. The van der Waals surface area contributed by atoms with Gasteiger partial charge in [0.2, 0.25) is 0 Å². The van der Waals surface area contributed by atoms with Crippen LogP contribution in [0.3, 0.4) is 0 Å². The van der Waals surface area contributed by atoms with Crippen molar-refractivity contribution < 1.29 is 71.6 Å². The number of fused-ring (bicyclic) bond motifs is 2. The Hall–Kier alpha value is -1.26. The molecular formula is C17H18F12O4. The van der Waals surface area contributed by atoms with Gasteiger partial charge in [0.15, 0.2) is 0 Å². The number of hydrogen-bond donors (Lipinski definition) is 0. The summed E-state index contributed by atoms with van der Waals surface area (Å²) in [4.78, 5) is 0. The van der Waals surface area contributed by atoms with Crippen molar-refractivity contribution in [1.82, 2.24) is 0 Å². The van der Waals surface area contributed by atoms with Gasteiger partial charge < -0.3 is 18.9 Å². The predicted octanol–water partition coefficient (Wildman–Crippen LogP) is 5.68. The molecule has 0 aromatic carbocycles. The van der Waals surface area contributed by atoms with Gasteiger partial charge in [-0.1, -0.05) is 0 Å². The van der Waals surface area contributed by atoms with Gasteiger partial charge >= 0.3 is 24.7 Å². The van der Waals surface area contributed by atoms with Gasteiger partial charge in [0.1, 0.15) is 13.6 Å². The molecule has 2 aliphatic rings. The number of hydrogen-bond acceptors (Lipinski definition) is 4. The van der Waals surface area contributed by atoms with Crippen molar-refractivity contribution in [3.05, 3.63) is 11.1 Å². The summed E-state index contributed by atoms with van der Waals surface area (Å²) in [7, 11) is 1.26. The summed E-state index contributed by atoms with van der Waals surface area (Å²) >= 11 is 0. The van der Waals surface area contributed by atoms with Gasteiger partial charge in [-0.3, -0.25) is 0 Å². The van der Waals surface area contributed by atoms with E-state index in [0.717, 1.165) is 0 Å². The average Bonchev–Trinajstić information content (AvgIpc) is 3.21. The molecule has 1 saturated carbocycles. The quantitative estimate of drug-likeness (QED) is 0.237. The summed E-state index contributed by atoms with van der Waals surface area (Å²) in [6, 6.07) is 0. The number of rotatable bonds is 8. The van der Waals surface area contributed by atoms with Crippen LogP contribution in [-0.4, -0.2) is 63.7 Å². The molecule has 0 amide bonds. The molecule has 2 bridgehead atoms. The molecule has 0 aromatic rings. The fraction of sp³-hybridized carbons (Fsp3) is 0.882. The van der Waals surface area contributed by atoms with E-state index in [1.807, 2.05) is 0 Å². The van der Waals surface area contributed by atoms with E-state index < -0.39 is 91.7 Å². The van der Waals surface area contributed by atoms with Crippen molar-refractivity contribution in [2.45, 2.75) is 55.2 Å². The zero-order chi connectivity index (χ0) is 25.7. The molecule has 2 aliphatic carbocycles. The molecule has 4 nitrogen and oxygen atoms in total. The lowest BCUT2D eigenvalue weighted by atomic mass is 9.73. The average molecular weight is 514 g/mol. The molecular weight excluding hydrogens is 496 g/mol. The lowest BCUT2D eigenvalue weighted by Crippen LogP contribution is -2.65. The van der Waals surface area contributed by atoms with Gasteiger partial charge in [-0.05, 0) is 42.2 Å². The SMILES string of the molecule is COCOC(C1=C(C(OCOC)(C(F)(F)F)C(F)(F)F)C2CCC1C2)(C(F)(F)F)C(F)(F)F. The first-order valence-electron chi connectivity index (χ1n) is 9.11. The normalized spacial score (nSPS) is 23.1. The number of alkyl halides is 12. The largest absolute Gasteiger partial charge is 0.430 e. The first-order chi connectivity index (χ1) is 14.8. The smallest absolute Gasteiger partial charge is 0.359 e. The second-order valence-electron chi connectivity index (χ2n) is 7.49. The minimum Gasteiger partial charge on any atom is -0.359 e. The Labute approximate surface area is 178 Å². The van der Waals surface area contributed by atoms with Crippen LogP contribution in [0, 0.1) is 11.8 Å². The second-order valence-corrected chi connectivity index (χ2v) is 7.49. The van der Waals surface area contributed by atoms with E-state index in [-0.39, 0.29) is 0 Å². The molecule has 0 N–H and O–H groups in total. The van der Waals surface area contributed by atoms with Gasteiger partial charge in [-0.15, -0.1) is 0 Å². The molecule has 0 heterocycles. The third-order valence-corrected chi connectivity index (χ3v) is 5.68. The summed E-state index contributed by atoms with van der Waals surface area (Å²) in [5.74, 6) is -3.86. The standard InChI is InChI=1S/C17H18F12O4/c1-30-6-32-12(14(18,19)20,15(21,22)23)10-8-3-4-9(5-8)11(10)13(16(24,25)26,17(27,28)29)33-7-31-2/h8-9H,3-7H2,1-2H3. The number of ether oxygens (including phenoxy) is 4. The van der Waals surface area contributed by atoms with Crippen LogP contribution in [-0.2, 0) is 18.9 Å². The first-order valence-corrected chi connectivity index (χ1v) is 9.11. The zero-order valence-electron chi connectivity index (χ0n) is 16.9. The second kappa shape index (κ2) is 8.75. The molecule has 2 rings (SSSR count). The van der Waals surface area contributed by atoms with E-state index in [1.165, 1.54) is 0 Å². The van der Waals surface area contributed by atoms with Gasteiger partial charge in [-0.25, -0.2) is 0 Å². The van der Waals surface area contributed by atoms with Gasteiger partial charge in [0.05, 0.1) is 0 Å². The highest BCUT2D eigenvalue weighted by Crippen LogP contribution is 2.66. The van der Waals surface area contributed by atoms with Crippen molar-refractivity contribution in [1.29, 1.82) is 0 Å². The van der Waals surface area contributed by atoms with Crippen molar-refractivity contribution in [2.24, 2.45) is 11.8 Å². The van der Waals surface area contributed by atoms with Gasteiger partial charge in [-0.2, -0.15) is 52.7 Å². The van der Waals surface area contributed by atoms with E-state index in [0.29, 0.717) is 14.2 Å².